The third kappa shape index (κ3) is 4.23. The lowest BCUT2D eigenvalue weighted by Crippen LogP contribution is -2.28. The Labute approximate surface area is 134 Å². The molecule has 1 atom stereocenters. The van der Waals surface area contributed by atoms with Crippen LogP contribution in [0.25, 0.3) is 0 Å². The van der Waals surface area contributed by atoms with E-state index in [9.17, 15) is 0 Å². The summed E-state index contributed by atoms with van der Waals surface area (Å²) < 4.78 is 5.92. The molecule has 0 amide bonds. The molecule has 1 N–H and O–H groups in total. The van der Waals surface area contributed by atoms with Crippen LogP contribution in [0.15, 0.2) is 11.6 Å². The molecule has 6 nitrogen and oxygen atoms in total. The number of likely N-dealkylation sites (N-methyl/N-ethyl adjacent to an activating group) is 1. The van der Waals surface area contributed by atoms with Crippen molar-refractivity contribution < 1.29 is 0 Å². The van der Waals surface area contributed by atoms with Crippen molar-refractivity contribution in [2.45, 2.75) is 25.9 Å². The molecule has 1 unspecified atom stereocenters. The monoisotopic (exact) mass is 328 g/mol. The van der Waals surface area contributed by atoms with E-state index in [0.717, 1.165) is 37.4 Å². The molecule has 2 heterocycles. The van der Waals surface area contributed by atoms with Gasteiger partial charge in [0.25, 0.3) is 0 Å². The van der Waals surface area contributed by atoms with Gasteiger partial charge in [-0.15, -0.1) is 5.10 Å². The predicted octanol–water partition coefficient (Wildman–Crippen LogP) is 2.04. The molecule has 0 bridgehead atoms. The van der Waals surface area contributed by atoms with E-state index in [4.69, 9.17) is 11.6 Å². The molecule has 2 rings (SSSR count). The van der Waals surface area contributed by atoms with Gasteiger partial charge in [0, 0.05) is 11.9 Å². The molecular formula is C13H21ClN6S. The lowest BCUT2D eigenvalue weighted by molar-refractivity contribution is 0.365. The van der Waals surface area contributed by atoms with E-state index in [1.54, 1.807) is 6.20 Å². The van der Waals surface area contributed by atoms with Gasteiger partial charge < -0.3 is 10.2 Å². The summed E-state index contributed by atoms with van der Waals surface area (Å²) in [6.45, 7) is 4.71. The molecule has 2 aromatic heterocycles. The fourth-order valence-corrected chi connectivity index (χ4v) is 2.79. The maximum atomic E-state index is 6.37. The van der Waals surface area contributed by atoms with Gasteiger partial charge in [-0.1, -0.05) is 23.0 Å². The molecule has 0 aliphatic rings. The van der Waals surface area contributed by atoms with Gasteiger partial charge in [-0.2, -0.15) is 5.10 Å². The topological polar surface area (TPSA) is 58.9 Å². The Bertz CT molecular complexity index is 539. The lowest BCUT2D eigenvalue weighted by atomic mass is 10.1. The Morgan fingerprint density at radius 1 is 1.48 bits per heavy atom. The first-order valence-corrected chi connectivity index (χ1v) is 8.21. The van der Waals surface area contributed by atoms with Crippen LogP contribution >= 0.6 is 23.1 Å². The highest BCUT2D eigenvalue weighted by Crippen LogP contribution is 2.27. The second kappa shape index (κ2) is 7.84. The van der Waals surface area contributed by atoms with Gasteiger partial charge in [0.2, 0.25) is 0 Å². The maximum Gasteiger partial charge on any atom is 0.0986 e. The van der Waals surface area contributed by atoms with E-state index in [1.807, 2.05) is 24.2 Å². The number of rotatable bonds is 8. The molecule has 0 saturated heterocycles. The zero-order valence-corrected chi connectivity index (χ0v) is 14.2. The molecule has 0 aromatic carbocycles. The molecule has 21 heavy (non-hydrogen) atoms. The molecule has 0 aliphatic heterocycles. The SMILES string of the molecule is CCCNC(c1csnn1)c1c(Cl)cnn1CCN(C)C. The van der Waals surface area contributed by atoms with Crippen molar-refractivity contribution in [2.24, 2.45) is 0 Å². The summed E-state index contributed by atoms with van der Waals surface area (Å²) in [5.41, 5.74) is 1.85. The summed E-state index contributed by atoms with van der Waals surface area (Å²) in [4.78, 5) is 2.12. The summed E-state index contributed by atoms with van der Waals surface area (Å²) in [5, 5.41) is 14.7. The second-order valence-corrected chi connectivity index (χ2v) is 6.14. The minimum absolute atomic E-state index is 0.0686. The molecule has 0 aliphatic carbocycles. The van der Waals surface area contributed by atoms with Crippen LogP contribution in [0.3, 0.4) is 0 Å². The van der Waals surface area contributed by atoms with Crippen LogP contribution in [-0.4, -0.2) is 51.5 Å². The minimum atomic E-state index is -0.0686. The first-order chi connectivity index (χ1) is 10.1. The smallest absolute Gasteiger partial charge is 0.0986 e. The predicted molar refractivity (Wildman–Crippen MR) is 85.8 cm³/mol. The zero-order chi connectivity index (χ0) is 15.2. The number of aromatic nitrogens is 4. The molecule has 8 heteroatoms. The van der Waals surface area contributed by atoms with Crippen molar-refractivity contribution in [2.75, 3.05) is 27.2 Å². The largest absolute Gasteiger partial charge is 0.308 e. The Morgan fingerprint density at radius 2 is 2.29 bits per heavy atom. The Morgan fingerprint density at radius 3 is 2.90 bits per heavy atom. The van der Waals surface area contributed by atoms with Gasteiger partial charge in [0.1, 0.15) is 0 Å². The molecule has 0 saturated carbocycles. The van der Waals surface area contributed by atoms with Gasteiger partial charge >= 0.3 is 0 Å². The van der Waals surface area contributed by atoms with E-state index in [2.05, 4.69) is 31.8 Å². The lowest BCUT2D eigenvalue weighted by Gasteiger charge is -2.19. The van der Waals surface area contributed by atoms with Crippen molar-refractivity contribution in [3.05, 3.63) is 28.0 Å². The highest BCUT2D eigenvalue weighted by molar-refractivity contribution is 7.03. The van der Waals surface area contributed by atoms with Crippen LogP contribution in [0.4, 0.5) is 0 Å². The number of nitrogens with one attached hydrogen (secondary N) is 1. The van der Waals surface area contributed by atoms with Crippen LogP contribution in [0, 0.1) is 0 Å². The Hall–Kier alpha value is -1.02. The highest BCUT2D eigenvalue weighted by atomic mass is 35.5. The fraction of sp³-hybridized carbons (Fsp3) is 0.615. The first-order valence-electron chi connectivity index (χ1n) is 6.99. The molecular weight excluding hydrogens is 308 g/mol. The minimum Gasteiger partial charge on any atom is -0.308 e. The summed E-state index contributed by atoms with van der Waals surface area (Å²) >= 11 is 7.72. The molecule has 0 radical (unpaired) electrons. The standard InChI is InChI=1S/C13H21ClN6S/c1-4-5-15-12(11-9-21-18-17-11)13-10(14)8-16-20(13)7-6-19(2)3/h8-9,12,15H,4-7H2,1-3H3. The van der Waals surface area contributed by atoms with E-state index in [-0.39, 0.29) is 6.04 Å². The van der Waals surface area contributed by atoms with Crippen molar-refractivity contribution in [1.82, 2.24) is 29.6 Å². The third-order valence-electron chi connectivity index (χ3n) is 3.14. The average Bonchev–Trinajstić information content (AvgIpc) is 3.09. The average molecular weight is 329 g/mol. The Balaban J connectivity index is 2.28. The first kappa shape index (κ1) is 16.4. The summed E-state index contributed by atoms with van der Waals surface area (Å²) in [5.74, 6) is 0. The van der Waals surface area contributed by atoms with Crippen LogP contribution < -0.4 is 5.32 Å². The van der Waals surface area contributed by atoms with Crippen molar-refractivity contribution in [1.29, 1.82) is 0 Å². The second-order valence-electron chi connectivity index (χ2n) is 5.12. The van der Waals surface area contributed by atoms with Crippen LogP contribution in [0.5, 0.6) is 0 Å². The molecule has 116 valence electrons. The van der Waals surface area contributed by atoms with Crippen LogP contribution in [0.2, 0.25) is 5.02 Å². The van der Waals surface area contributed by atoms with Crippen LogP contribution in [-0.2, 0) is 6.54 Å². The van der Waals surface area contributed by atoms with Gasteiger partial charge in [0.15, 0.2) is 0 Å². The van der Waals surface area contributed by atoms with Crippen molar-refractivity contribution in [3.63, 3.8) is 0 Å². The van der Waals surface area contributed by atoms with Crippen molar-refractivity contribution >= 4 is 23.1 Å². The molecule has 0 fully saturated rings. The highest BCUT2D eigenvalue weighted by Gasteiger charge is 2.23. The number of nitrogens with zero attached hydrogens (tertiary/aromatic N) is 5. The summed E-state index contributed by atoms with van der Waals surface area (Å²) in [6, 6.07) is -0.0686. The third-order valence-corrected chi connectivity index (χ3v) is 3.95. The zero-order valence-electron chi connectivity index (χ0n) is 12.6. The summed E-state index contributed by atoms with van der Waals surface area (Å²) in [6.07, 6.45) is 2.74. The van der Waals surface area contributed by atoms with Crippen LogP contribution in [0.1, 0.15) is 30.8 Å². The number of hydrogen-bond donors (Lipinski definition) is 1. The van der Waals surface area contributed by atoms with E-state index in [0.29, 0.717) is 5.02 Å². The fourth-order valence-electron chi connectivity index (χ4n) is 2.06. The van der Waals surface area contributed by atoms with Gasteiger partial charge in [-0.05, 0) is 38.6 Å². The van der Waals surface area contributed by atoms with E-state index >= 15 is 0 Å². The quantitative estimate of drug-likeness (QED) is 0.803. The number of hydrogen-bond acceptors (Lipinski definition) is 6. The normalized spacial score (nSPS) is 13.0. The molecule has 2 aromatic rings. The Kier molecular flexibility index (Phi) is 6.10. The number of halogens is 1. The van der Waals surface area contributed by atoms with Gasteiger partial charge in [-0.3, -0.25) is 4.68 Å². The molecule has 0 spiro atoms. The van der Waals surface area contributed by atoms with Gasteiger partial charge in [-0.25, -0.2) is 0 Å². The van der Waals surface area contributed by atoms with E-state index < -0.39 is 0 Å². The maximum absolute atomic E-state index is 6.37. The van der Waals surface area contributed by atoms with Crippen molar-refractivity contribution in [3.8, 4) is 0 Å². The van der Waals surface area contributed by atoms with Gasteiger partial charge in [0.05, 0.1) is 35.2 Å². The van der Waals surface area contributed by atoms with E-state index in [1.165, 1.54) is 11.5 Å². The summed E-state index contributed by atoms with van der Waals surface area (Å²) in [7, 11) is 4.09.